The third-order valence-corrected chi connectivity index (χ3v) is 2.55. The summed E-state index contributed by atoms with van der Waals surface area (Å²) in [6.07, 6.45) is 0.649. The number of aliphatic hydroxyl groups excluding tert-OH is 1. The topological polar surface area (TPSA) is 55.5 Å². The van der Waals surface area contributed by atoms with E-state index in [4.69, 9.17) is 15.6 Å². The Morgan fingerprint density at radius 2 is 2.21 bits per heavy atom. The molecule has 1 rings (SSSR count). The Balaban J connectivity index is 2.57. The Bertz CT molecular complexity index is 291. The standard InChI is InChI=1S/C10H14BrNO2/c11-10-6-9(14-5-1-4-13)3-2-8(10)7-12/h2-3,6,13H,1,4-5,7,12H2. The molecule has 0 heterocycles. The molecule has 3 nitrogen and oxygen atoms in total. The van der Waals surface area contributed by atoms with Gasteiger partial charge in [0, 0.05) is 24.0 Å². The van der Waals surface area contributed by atoms with E-state index < -0.39 is 0 Å². The number of aliphatic hydroxyl groups is 1. The highest BCUT2D eigenvalue weighted by molar-refractivity contribution is 9.10. The zero-order chi connectivity index (χ0) is 10.4. The molecule has 3 N–H and O–H groups in total. The first kappa shape index (κ1) is 11.5. The summed E-state index contributed by atoms with van der Waals surface area (Å²) in [4.78, 5) is 0. The van der Waals surface area contributed by atoms with Crippen molar-refractivity contribution in [2.75, 3.05) is 13.2 Å². The molecule has 4 heteroatoms. The lowest BCUT2D eigenvalue weighted by molar-refractivity contribution is 0.233. The summed E-state index contributed by atoms with van der Waals surface area (Å²) in [5.74, 6) is 0.794. The fraction of sp³-hybridized carbons (Fsp3) is 0.400. The molecule has 0 aliphatic carbocycles. The molecule has 0 aliphatic rings. The number of hydrogen-bond donors (Lipinski definition) is 2. The Morgan fingerprint density at radius 3 is 2.79 bits per heavy atom. The first-order chi connectivity index (χ1) is 6.77. The predicted octanol–water partition coefficient (Wildman–Crippen LogP) is 1.67. The maximum atomic E-state index is 8.58. The molecule has 0 aliphatic heterocycles. The number of benzene rings is 1. The van der Waals surface area contributed by atoms with Crippen LogP contribution in [0, 0.1) is 0 Å². The van der Waals surface area contributed by atoms with Crippen LogP contribution in [-0.4, -0.2) is 18.3 Å². The molecule has 14 heavy (non-hydrogen) atoms. The molecular weight excluding hydrogens is 246 g/mol. The van der Waals surface area contributed by atoms with Crippen LogP contribution >= 0.6 is 15.9 Å². The average Bonchev–Trinajstić information content (AvgIpc) is 2.18. The van der Waals surface area contributed by atoms with Crippen LogP contribution in [0.15, 0.2) is 22.7 Å². The van der Waals surface area contributed by atoms with E-state index in [9.17, 15) is 0 Å². The highest BCUT2D eigenvalue weighted by atomic mass is 79.9. The van der Waals surface area contributed by atoms with E-state index in [1.165, 1.54) is 0 Å². The Labute approximate surface area is 92.0 Å². The van der Waals surface area contributed by atoms with E-state index in [0.717, 1.165) is 15.8 Å². The monoisotopic (exact) mass is 259 g/mol. The normalized spacial score (nSPS) is 10.2. The molecule has 0 amide bonds. The van der Waals surface area contributed by atoms with Gasteiger partial charge in [-0.25, -0.2) is 0 Å². The minimum Gasteiger partial charge on any atom is -0.493 e. The highest BCUT2D eigenvalue weighted by Gasteiger charge is 2.00. The largest absolute Gasteiger partial charge is 0.493 e. The third-order valence-electron chi connectivity index (χ3n) is 1.82. The van der Waals surface area contributed by atoms with Crippen molar-refractivity contribution >= 4 is 15.9 Å². The minimum absolute atomic E-state index is 0.155. The van der Waals surface area contributed by atoms with Crippen molar-refractivity contribution in [1.29, 1.82) is 0 Å². The van der Waals surface area contributed by atoms with Crippen LogP contribution in [0.4, 0.5) is 0 Å². The van der Waals surface area contributed by atoms with Crippen molar-refractivity contribution in [3.8, 4) is 5.75 Å². The van der Waals surface area contributed by atoms with E-state index >= 15 is 0 Å². The van der Waals surface area contributed by atoms with Crippen molar-refractivity contribution in [2.24, 2.45) is 5.73 Å². The number of hydrogen-bond acceptors (Lipinski definition) is 3. The van der Waals surface area contributed by atoms with E-state index in [2.05, 4.69) is 15.9 Å². The molecule has 78 valence electrons. The summed E-state index contributed by atoms with van der Waals surface area (Å²) in [6.45, 7) is 1.20. The smallest absolute Gasteiger partial charge is 0.120 e. The Kier molecular flexibility index (Phi) is 4.93. The van der Waals surface area contributed by atoms with Gasteiger partial charge in [-0.1, -0.05) is 22.0 Å². The van der Waals surface area contributed by atoms with Gasteiger partial charge in [-0.05, 0) is 17.7 Å². The van der Waals surface area contributed by atoms with Crippen LogP contribution in [0.3, 0.4) is 0 Å². The molecule has 0 bridgehead atoms. The lowest BCUT2D eigenvalue weighted by atomic mass is 10.2. The molecule has 1 aromatic rings. The maximum absolute atomic E-state index is 8.58. The first-order valence-electron chi connectivity index (χ1n) is 4.50. The van der Waals surface area contributed by atoms with Crippen LogP contribution in [0.1, 0.15) is 12.0 Å². The van der Waals surface area contributed by atoms with E-state index in [1.54, 1.807) is 0 Å². The minimum atomic E-state index is 0.155. The van der Waals surface area contributed by atoms with Crippen LogP contribution in [0.5, 0.6) is 5.75 Å². The Hall–Kier alpha value is -0.580. The maximum Gasteiger partial charge on any atom is 0.120 e. The van der Waals surface area contributed by atoms with Gasteiger partial charge in [0.05, 0.1) is 6.61 Å². The van der Waals surface area contributed by atoms with E-state index in [-0.39, 0.29) is 6.61 Å². The molecule has 0 atom stereocenters. The van der Waals surface area contributed by atoms with Crippen LogP contribution in [-0.2, 0) is 6.54 Å². The summed E-state index contributed by atoms with van der Waals surface area (Å²) in [5.41, 5.74) is 6.57. The predicted molar refractivity (Wildman–Crippen MR) is 59.2 cm³/mol. The number of ether oxygens (including phenoxy) is 1. The van der Waals surface area contributed by atoms with Crippen LogP contribution in [0.25, 0.3) is 0 Å². The molecule has 1 aromatic carbocycles. The number of halogens is 1. The zero-order valence-corrected chi connectivity index (χ0v) is 9.46. The van der Waals surface area contributed by atoms with Crippen LogP contribution in [0.2, 0.25) is 0 Å². The molecule has 0 radical (unpaired) electrons. The van der Waals surface area contributed by atoms with Gasteiger partial charge in [0.25, 0.3) is 0 Å². The van der Waals surface area contributed by atoms with Crippen molar-refractivity contribution in [1.82, 2.24) is 0 Å². The summed E-state index contributed by atoms with van der Waals surface area (Å²) in [7, 11) is 0. The average molecular weight is 260 g/mol. The molecular formula is C10H14BrNO2. The van der Waals surface area contributed by atoms with E-state index in [1.807, 2.05) is 18.2 Å². The van der Waals surface area contributed by atoms with Gasteiger partial charge in [0.1, 0.15) is 5.75 Å². The summed E-state index contributed by atoms with van der Waals surface area (Å²) >= 11 is 3.41. The van der Waals surface area contributed by atoms with Crippen molar-refractivity contribution < 1.29 is 9.84 Å². The molecule has 0 saturated carbocycles. The fourth-order valence-electron chi connectivity index (χ4n) is 1.04. The number of rotatable bonds is 5. The summed E-state index contributed by atoms with van der Waals surface area (Å²) in [6, 6.07) is 5.70. The van der Waals surface area contributed by atoms with Crippen LogP contribution < -0.4 is 10.5 Å². The van der Waals surface area contributed by atoms with Gasteiger partial charge in [-0.15, -0.1) is 0 Å². The summed E-state index contributed by atoms with van der Waals surface area (Å²) in [5, 5.41) is 8.58. The Morgan fingerprint density at radius 1 is 1.43 bits per heavy atom. The second kappa shape index (κ2) is 6.01. The zero-order valence-electron chi connectivity index (χ0n) is 7.87. The molecule has 0 saturated heterocycles. The van der Waals surface area contributed by atoms with Crippen molar-refractivity contribution in [3.63, 3.8) is 0 Å². The second-order valence-electron chi connectivity index (χ2n) is 2.88. The molecule has 0 aromatic heterocycles. The number of nitrogens with two attached hydrogens (primary N) is 1. The first-order valence-corrected chi connectivity index (χ1v) is 5.29. The van der Waals surface area contributed by atoms with Gasteiger partial charge < -0.3 is 15.6 Å². The van der Waals surface area contributed by atoms with Gasteiger partial charge in [-0.2, -0.15) is 0 Å². The SMILES string of the molecule is NCc1ccc(OCCCO)cc1Br. The van der Waals surface area contributed by atoms with Crippen molar-refractivity contribution in [2.45, 2.75) is 13.0 Å². The second-order valence-corrected chi connectivity index (χ2v) is 3.74. The fourth-order valence-corrected chi connectivity index (χ4v) is 1.56. The van der Waals surface area contributed by atoms with E-state index in [0.29, 0.717) is 19.6 Å². The summed E-state index contributed by atoms with van der Waals surface area (Å²) < 4.78 is 6.36. The van der Waals surface area contributed by atoms with Crippen molar-refractivity contribution in [3.05, 3.63) is 28.2 Å². The van der Waals surface area contributed by atoms with Gasteiger partial charge in [-0.3, -0.25) is 0 Å². The highest BCUT2D eigenvalue weighted by Crippen LogP contribution is 2.22. The van der Waals surface area contributed by atoms with Gasteiger partial charge in [0.2, 0.25) is 0 Å². The lowest BCUT2D eigenvalue weighted by Gasteiger charge is -2.07. The van der Waals surface area contributed by atoms with Gasteiger partial charge >= 0.3 is 0 Å². The quantitative estimate of drug-likeness (QED) is 0.792. The lowest BCUT2D eigenvalue weighted by Crippen LogP contribution is -2.01. The molecule has 0 unspecified atom stereocenters. The molecule has 0 spiro atoms. The van der Waals surface area contributed by atoms with Gasteiger partial charge in [0.15, 0.2) is 0 Å². The molecule has 0 fully saturated rings. The third kappa shape index (κ3) is 3.29.